The highest BCUT2D eigenvalue weighted by Crippen LogP contribution is 2.09. The van der Waals surface area contributed by atoms with Crippen LogP contribution in [0.3, 0.4) is 0 Å². The van der Waals surface area contributed by atoms with Gasteiger partial charge in [-0.3, -0.25) is 4.79 Å². The Kier molecular flexibility index (Phi) is 7.73. The van der Waals surface area contributed by atoms with Gasteiger partial charge in [0.25, 0.3) is 0 Å². The van der Waals surface area contributed by atoms with Crippen molar-refractivity contribution in [2.45, 2.75) is 52.1 Å². The molecule has 0 saturated heterocycles. The van der Waals surface area contributed by atoms with E-state index in [9.17, 15) is 9.90 Å². The van der Waals surface area contributed by atoms with Crippen LogP contribution in [-0.2, 0) is 11.3 Å². The van der Waals surface area contributed by atoms with Gasteiger partial charge < -0.3 is 15.7 Å². The van der Waals surface area contributed by atoms with Crippen LogP contribution >= 0.6 is 0 Å². The van der Waals surface area contributed by atoms with Crippen molar-refractivity contribution in [2.24, 2.45) is 0 Å². The lowest BCUT2D eigenvalue weighted by molar-refractivity contribution is -0.122. The minimum atomic E-state index is -0.172. The van der Waals surface area contributed by atoms with Gasteiger partial charge in [-0.25, -0.2) is 0 Å². The van der Waals surface area contributed by atoms with Gasteiger partial charge in [0.15, 0.2) is 0 Å². The first-order valence-electron chi connectivity index (χ1n) is 7.42. The molecule has 3 N–H and O–H groups in total. The molecule has 1 rings (SSSR count). The van der Waals surface area contributed by atoms with Gasteiger partial charge >= 0.3 is 0 Å². The van der Waals surface area contributed by atoms with E-state index >= 15 is 0 Å². The maximum atomic E-state index is 11.9. The minimum Gasteiger partial charge on any atom is -0.508 e. The number of hydrogen-bond acceptors (Lipinski definition) is 3. The molecule has 20 heavy (non-hydrogen) atoms. The molecule has 0 fully saturated rings. The van der Waals surface area contributed by atoms with Crippen LogP contribution in [0.15, 0.2) is 24.3 Å². The molecule has 0 aliphatic rings. The lowest BCUT2D eigenvalue weighted by Gasteiger charge is -2.14. The fourth-order valence-electron chi connectivity index (χ4n) is 1.92. The fourth-order valence-corrected chi connectivity index (χ4v) is 1.92. The summed E-state index contributed by atoms with van der Waals surface area (Å²) in [6.45, 7) is 5.44. The van der Waals surface area contributed by atoms with Crippen molar-refractivity contribution in [3.8, 4) is 5.75 Å². The lowest BCUT2D eigenvalue weighted by atomic mass is 10.2. The molecule has 0 aliphatic carbocycles. The van der Waals surface area contributed by atoms with Crippen molar-refractivity contribution >= 4 is 5.91 Å². The minimum absolute atomic E-state index is 0.00793. The summed E-state index contributed by atoms with van der Waals surface area (Å²) in [7, 11) is 0. The van der Waals surface area contributed by atoms with Crippen LogP contribution in [0.4, 0.5) is 0 Å². The summed E-state index contributed by atoms with van der Waals surface area (Å²) in [6.07, 6.45) is 4.81. The third-order valence-corrected chi connectivity index (χ3v) is 3.28. The number of benzene rings is 1. The van der Waals surface area contributed by atoms with Gasteiger partial charge in [-0.15, -0.1) is 0 Å². The van der Waals surface area contributed by atoms with Crippen molar-refractivity contribution in [1.82, 2.24) is 10.6 Å². The molecule has 1 unspecified atom stereocenters. The predicted octanol–water partition coefficient (Wildman–Crippen LogP) is 2.57. The third-order valence-electron chi connectivity index (χ3n) is 3.28. The highest BCUT2D eigenvalue weighted by molar-refractivity contribution is 5.81. The molecule has 1 aromatic carbocycles. The van der Waals surface area contributed by atoms with Crippen LogP contribution in [-0.4, -0.2) is 23.6 Å². The zero-order valence-corrected chi connectivity index (χ0v) is 12.5. The molecule has 0 heterocycles. The summed E-state index contributed by atoms with van der Waals surface area (Å²) in [6, 6.07) is 6.68. The van der Waals surface area contributed by atoms with E-state index in [2.05, 4.69) is 17.6 Å². The van der Waals surface area contributed by atoms with Gasteiger partial charge in [0, 0.05) is 6.54 Å². The Balaban J connectivity index is 2.19. The number of unbranched alkanes of at least 4 members (excludes halogenated alkanes) is 3. The van der Waals surface area contributed by atoms with Crippen molar-refractivity contribution in [2.75, 3.05) is 6.54 Å². The number of carbonyl (C=O) groups excluding carboxylic acids is 1. The Bertz CT molecular complexity index is 390. The van der Waals surface area contributed by atoms with E-state index in [1.807, 2.05) is 6.92 Å². The molecule has 1 aromatic rings. The fraction of sp³-hybridized carbons (Fsp3) is 0.562. The summed E-state index contributed by atoms with van der Waals surface area (Å²) >= 11 is 0. The number of amides is 1. The normalized spacial score (nSPS) is 12.1. The largest absolute Gasteiger partial charge is 0.508 e. The second-order valence-corrected chi connectivity index (χ2v) is 5.12. The second-order valence-electron chi connectivity index (χ2n) is 5.12. The molecule has 0 spiro atoms. The SMILES string of the molecule is CCCCCCNC(C)C(=O)NCc1ccc(O)cc1. The summed E-state index contributed by atoms with van der Waals surface area (Å²) in [5.74, 6) is 0.246. The Morgan fingerprint density at radius 2 is 1.90 bits per heavy atom. The van der Waals surface area contributed by atoms with E-state index < -0.39 is 0 Å². The van der Waals surface area contributed by atoms with Gasteiger partial charge in [0.2, 0.25) is 5.91 Å². The predicted molar refractivity (Wildman–Crippen MR) is 81.6 cm³/mol. The molecule has 0 aliphatic heterocycles. The molecular formula is C16H26N2O2. The number of phenols is 1. The Labute approximate surface area is 121 Å². The molecule has 0 aromatic heterocycles. The highest BCUT2D eigenvalue weighted by atomic mass is 16.3. The molecule has 4 heteroatoms. The zero-order valence-electron chi connectivity index (χ0n) is 12.5. The molecule has 0 bridgehead atoms. The van der Waals surface area contributed by atoms with Crippen LogP contribution in [0.1, 0.15) is 45.1 Å². The van der Waals surface area contributed by atoms with E-state index in [0.717, 1.165) is 18.5 Å². The van der Waals surface area contributed by atoms with Crippen LogP contribution in [0.5, 0.6) is 5.75 Å². The molecule has 1 amide bonds. The summed E-state index contributed by atoms with van der Waals surface area (Å²) in [4.78, 5) is 11.9. The molecule has 112 valence electrons. The van der Waals surface area contributed by atoms with Crippen molar-refractivity contribution < 1.29 is 9.90 Å². The summed E-state index contributed by atoms with van der Waals surface area (Å²) < 4.78 is 0. The molecule has 0 radical (unpaired) electrons. The van der Waals surface area contributed by atoms with Crippen LogP contribution in [0.25, 0.3) is 0 Å². The summed E-state index contributed by atoms with van der Waals surface area (Å²) in [5, 5.41) is 15.3. The third kappa shape index (κ3) is 6.57. The molecule has 4 nitrogen and oxygen atoms in total. The number of rotatable bonds is 9. The van der Waals surface area contributed by atoms with Gasteiger partial charge in [0.05, 0.1) is 6.04 Å². The van der Waals surface area contributed by atoms with Crippen LogP contribution in [0, 0.1) is 0 Å². The van der Waals surface area contributed by atoms with Gasteiger partial charge in [-0.05, 0) is 37.6 Å². The first-order valence-corrected chi connectivity index (χ1v) is 7.42. The smallest absolute Gasteiger partial charge is 0.237 e. The van der Waals surface area contributed by atoms with E-state index in [-0.39, 0.29) is 17.7 Å². The second kappa shape index (κ2) is 9.37. The monoisotopic (exact) mass is 278 g/mol. The number of aromatic hydroxyl groups is 1. The van der Waals surface area contributed by atoms with Crippen molar-refractivity contribution in [1.29, 1.82) is 0 Å². The Morgan fingerprint density at radius 3 is 2.55 bits per heavy atom. The molecule has 0 saturated carbocycles. The zero-order chi connectivity index (χ0) is 14.8. The Morgan fingerprint density at radius 1 is 1.20 bits per heavy atom. The highest BCUT2D eigenvalue weighted by Gasteiger charge is 2.10. The maximum Gasteiger partial charge on any atom is 0.237 e. The number of phenolic OH excluding ortho intramolecular Hbond substituents is 1. The number of hydrogen-bond donors (Lipinski definition) is 3. The van der Waals surface area contributed by atoms with E-state index in [1.165, 1.54) is 19.3 Å². The first-order chi connectivity index (χ1) is 9.63. The average molecular weight is 278 g/mol. The van der Waals surface area contributed by atoms with Crippen LogP contribution < -0.4 is 10.6 Å². The van der Waals surface area contributed by atoms with E-state index in [0.29, 0.717) is 6.54 Å². The van der Waals surface area contributed by atoms with Gasteiger partial charge in [-0.1, -0.05) is 38.3 Å². The standard InChI is InChI=1S/C16H26N2O2/c1-3-4-5-6-11-17-13(2)16(20)18-12-14-7-9-15(19)10-8-14/h7-10,13,17,19H,3-6,11-12H2,1-2H3,(H,18,20). The van der Waals surface area contributed by atoms with Crippen LogP contribution in [0.2, 0.25) is 0 Å². The quantitative estimate of drug-likeness (QED) is 0.608. The number of nitrogens with one attached hydrogen (secondary N) is 2. The summed E-state index contributed by atoms with van der Waals surface area (Å²) in [5.41, 5.74) is 0.978. The van der Waals surface area contributed by atoms with Crippen molar-refractivity contribution in [3.63, 3.8) is 0 Å². The first kappa shape index (κ1) is 16.5. The number of carbonyl (C=O) groups is 1. The molecule has 1 atom stereocenters. The van der Waals surface area contributed by atoms with Crippen molar-refractivity contribution in [3.05, 3.63) is 29.8 Å². The van der Waals surface area contributed by atoms with Gasteiger partial charge in [-0.2, -0.15) is 0 Å². The Hall–Kier alpha value is -1.55. The lowest BCUT2D eigenvalue weighted by Crippen LogP contribution is -2.42. The van der Waals surface area contributed by atoms with E-state index in [4.69, 9.17) is 0 Å². The van der Waals surface area contributed by atoms with Gasteiger partial charge in [0.1, 0.15) is 5.75 Å². The molecular weight excluding hydrogens is 252 g/mol. The topological polar surface area (TPSA) is 61.4 Å². The maximum absolute atomic E-state index is 11.9. The van der Waals surface area contributed by atoms with E-state index in [1.54, 1.807) is 24.3 Å². The average Bonchev–Trinajstić information content (AvgIpc) is 2.46.